The van der Waals surface area contributed by atoms with Gasteiger partial charge in [0.1, 0.15) is 11.5 Å². The Kier molecular flexibility index (Phi) is 8.20. The van der Waals surface area contributed by atoms with Gasteiger partial charge in [0, 0.05) is 24.9 Å². The van der Waals surface area contributed by atoms with Gasteiger partial charge in [-0.05, 0) is 44.1 Å². The number of carbonyl (C=O) groups is 2. The molecule has 0 atom stereocenters. The number of amides is 2. The van der Waals surface area contributed by atoms with Crippen LogP contribution in [0.15, 0.2) is 42.5 Å². The van der Waals surface area contributed by atoms with Crippen molar-refractivity contribution in [2.75, 3.05) is 44.5 Å². The van der Waals surface area contributed by atoms with Crippen molar-refractivity contribution in [1.29, 1.82) is 0 Å². The Morgan fingerprint density at radius 1 is 1.03 bits per heavy atom. The molecule has 10 nitrogen and oxygen atoms in total. The van der Waals surface area contributed by atoms with Gasteiger partial charge < -0.3 is 25.0 Å². The molecule has 2 amide bonds. The molecule has 0 bridgehead atoms. The van der Waals surface area contributed by atoms with E-state index in [0.29, 0.717) is 36.5 Å². The summed E-state index contributed by atoms with van der Waals surface area (Å²) in [6, 6.07) is 11.4. The first kappa shape index (κ1) is 24.0. The average Bonchev–Trinajstić information content (AvgIpc) is 2.83. The zero-order chi connectivity index (χ0) is 23.8. The Morgan fingerprint density at radius 2 is 1.70 bits per heavy atom. The third-order valence-electron chi connectivity index (χ3n) is 5.65. The molecule has 2 N–H and O–H groups in total. The molecule has 1 heterocycles. The fraction of sp³-hybridized carbons (Fsp3) is 0.391. The smallest absolute Gasteiger partial charge is 0.273 e. The summed E-state index contributed by atoms with van der Waals surface area (Å²) >= 11 is 0. The van der Waals surface area contributed by atoms with E-state index in [2.05, 4.69) is 15.5 Å². The molecule has 1 saturated heterocycles. The number of nitrogens with zero attached hydrogens (tertiary/aromatic N) is 2. The minimum Gasteiger partial charge on any atom is -0.495 e. The number of non-ortho nitro benzene ring substituents is 1. The second-order valence-corrected chi connectivity index (χ2v) is 7.75. The first-order valence-electron chi connectivity index (χ1n) is 10.7. The summed E-state index contributed by atoms with van der Waals surface area (Å²) in [7, 11) is 2.96. The maximum absolute atomic E-state index is 12.6. The van der Waals surface area contributed by atoms with E-state index in [1.807, 2.05) is 18.2 Å². The van der Waals surface area contributed by atoms with Crippen molar-refractivity contribution >= 4 is 28.9 Å². The number of ether oxygens (including phenoxy) is 2. The first-order valence-corrected chi connectivity index (χ1v) is 10.7. The normalized spacial score (nSPS) is 14.4. The number of hydrogen-bond acceptors (Lipinski definition) is 7. The summed E-state index contributed by atoms with van der Waals surface area (Å²) in [6.07, 6.45) is 1.68. The lowest BCUT2D eigenvalue weighted by molar-refractivity contribution is -0.384. The van der Waals surface area contributed by atoms with Crippen molar-refractivity contribution in [2.45, 2.75) is 19.3 Å². The molecule has 1 fully saturated rings. The van der Waals surface area contributed by atoms with Crippen LogP contribution in [0, 0.1) is 16.0 Å². The fourth-order valence-corrected chi connectivity index (χ4v) is 3.77. The molecule has 0 spiro atoms. The average molecular weight is 456 g/mol. The summed E-state index contributed by atoms with van der Waals surface area (Å²) in [4.78, 5) is 37.5. The molecule has 10 heteroatoms. The molecule has 0 aliphatic carbocycles. The van der Waals surface area contributed by atoms with E-state index < -0.39 is 4.92 Å². The van der Waals surface area contributed by atoms with Crippen LogP contribution in [0.25, 0.3) is 0 Å². The predicted molar refractivity (Wildman–Crippen MR) is 124 cm³/mol. The second-order valence-electron chi connectivity index (χ2n) is 7.75. The number of para-hydroxylation sites is 2. The molecule has 0 saturated carbocycles. The third kappa shape index (κ3) is 6.42. The number of carbonyl (C=O) groups excluding carboxylic acids is 2. The van der Waals surface area contributed by atoms with Crippen LogP contribution in [0.1, 0.15) is 19.3 Å². The molecular weight excluding hydrogens is 428 g/mol. The monoisotopic (exact) mass is 456 g/mol. The molecule has 176 valence electrons. The number of nitrogens with one attached hydrogen (secondary N) is 2. The molecule has 1 aliphatic rings. The van der Waals surface area contributed by atoms with Gasteiger partial charge in [0.05, 0.1) is 36.6 Å². The van der Waals surface area contributed by atoms with Crippen molar-refractivity contribution in [3.63, 3.8) is 0 Å². The molecule has 2 aromatic carbocycles. The van der Waals surface area contributed by atoms with Gasteiger partial charge in [-0.3, -0.25) is 19.7 Å². The fourth-order valence-electron chi connectivity index (χ4n) is 3.77. The van der Waals surface area contributed by atoms with E-state index >= 15 is 0 Å². The number of hydrogen-bond donors (Lipinski definition) is 2. The second kappa shape index (κ2) is 11.3. The van der Waals surface area contributed by atoms with Gasteiger partial charge in [0.15, 0.2) is 0 Å². The number of likely N-dealkylation sites (tertiary alicyclic amines) is 1. The summed E-state index contributed by atoms with van der Waals surface area (Å²) in [6.45, 7) is 2.00. The highest BCUT2D eigenvalue weighted by Gasteiger charge is 2.26. The van der Waals surface area contributed by atoms with Gasteiger partial charge in [0.2, 0.25) is 11.8 Å². The zero-order valence-electron chi connectivity index (χ0n) is 18.7. The molecule has 0 unspecified atom stereocenters. The van der Waals surface area contributed by atoms with Gasteiger partial charge >= 0.3 is 0 Å². The van der Waals surface area contributed by atoms with Crippen LogP contribution in [0.5, 0.6) is 11.5 Å². The van der Waals surface area contributed by atoms with Crippen LogP contribution in [0.4, 0.5) is 17.1 Å². The van der Waals surface area contributed by atoms with Crippen LogP contribution in [0.3, 0.4) is 0 Å². The quantitative estimate of drug-likeness (QED) is 0.438. The van der Waals surface area contributed by atoms with Gasteiger partial charge in [0.25, 0.3) is 5.69 Å². The van der Waals surface area contributed by atoms with Crippen LogP contribution in [-0.4, -0.2) is 55.5 Å². The van der Waals surface area contributed by atoms with Crippen LogP contribution >= 0.6 is 0 Å². The lowest BCUT2D eigenvalue weighted by atomic mass is 9.95. The molecule has 33 heavy (non-hydrogen) atoms. The summed E-state index contributed by atoms with van der Waals surface area (Å²) in [5, 5.41) is 16.6. The number of anilines is 2. The minimum absolute atomic E-state index is 0.0258. The van der Waals surface area contributed by atoms with Gasteiger partial charge in [-0.25, -0.2) is 0 Å². The number of piperidine rings is 1. The topological polar surface area (TPSA) is 123 Å². The Bertz CT molecular complexity index is 1000. The van der Waals surface area contributed by atoms with Crippen LogP contribution in [-0.2, 0) is 9.59 Å². The Balaban J connectivity index is 1.44. The molecule has 0 radical (unpaired) electrons. The maximum Gasteiger partial charge on any atom is 0.273 e. The highest BCUT2D eigenvalue weighted by atomic mass is 16.6. The summed E-state index contributed by atoms with van der Waals surface area (Å²) in [5.41, 5.74) is 0.938. The standard InChI is InChI=1S/C23H28N4O6/c1-32-20-6-4-3-5-18(20)25-23(29)16-9-12-26(13-10-16)14-11-22(28)24-19-8-7-17(27(30)31)15-21(19)33-2/h3-8,15-16H,9-14H2,1-2H3,(H,24,28)(H,25,29). The SMILES string of the molecule is COc1cc([N+](=O)[O-])ccc1NC(=O)CCN1CCC(C(=O)Nc2ccccc2OC)CC1. The largest absolute Gasteiger partial charge is 0.495 e. The lowest BCUT2D eigenvalue weighted by Crippen LogP contribution is -2.39. The molecular formula is C23H28N4O6. The molecule has 3 rings (SSSR count). The van der Waals surface area contributed by atoms with E-state index in [1.165, 1.54) is 25.3 Å². The van der Waals surface area contributed by atoms with Crippen molar-refractivity contribution in [3.8, 4) is 11.5 Å². The van der Waals surface area contributed by atoms with E-state index in [1.54, 1.807) is 13.2 Å². The van der Waals surface area contributed by atoms with Crippen LogP contribution < -0.4 is 20.1 Å². The van der Waals surface area contributed by atoms with E-state index in [9.17, 15) is 19.7 Å². The molecule has 0 aromatic heterocycles. The zero-order valence-corrected chi connectivity index (χ0v) is 18.7. The lowest BCUT2D eigenvalue weighted by Gasteiger charge is -2.31. The Hall–Kier alpha value is -3.66. The Labute approximate surface area is 192 Å². The van der Waals surface area contributed by atoms with E-state index in [-0.39, 0.29) is 35.6 Å². The third-order valence-corrected chi connectivity index (χ3v) is 5.65. The van der Waals surface area contributed by atoms with E-state index in [4.69, 9.17) is 9.47 Å². The van der Waals surface area contributed by atoms with Crippen molar-refractivity contribution in [2.24, 2.45) is 5.92 Å². The molecule has 1 aliphatic heterocycles. The number of benzene rings is 2. The van der Waals surface area contributed by atoms with Gasteiger partial charge in [-0.2, -0.15) is 0 Å². The highest BCUT2D eigenvalue weighted by Crippen LogP contribution is 2.29. The highest BCUT2D eigenvalue weighted by molar-refractivity contribution is 5.94. The number of nitro groups is 1. The molecule has 2 aromatic rings. The van der Waals surface area contributed by atoms with Crippen molar-refractivity contribution < 1.29 is 24.0 Å². The summed E-state index contributed by atoms with van der Waals surface area (Å²) in [5.74, 6) is 0.531. The van der Waals surface area contributed by atoms with Crippen molar-refractivity contribution in [3.05, 3.63) is 52.6 Å². The summed E-state index contributed by atoms with van der Waals surface area (Å²) < 4.78 is 10.4. The first-order chi connectivity index (χ1) is 15.9. The number of nitro benzene ring substituents is 1. The number of methoxy groups -OCH3 is 2. The van der Waals surface area contributed by atoms with E-state index in [0.717, 1.165) is 13.1 Å². The predicted octanol–water partition coefficient (Wildman–Crippen LogP) is 3.29. The van der Waals surface area contributed by atoms with Crippen molar-refractivity contribution in [1.82, 2.24) is 4.90 Å². The van der Waals surface area contributed by atoms with Gasteiger partial charge in [-0.1, -0.05) is 12.1 Å². The van der Waals surface area contributed by atoms with Crippen LogP contribution in [0.2, 0.25) is 0 Å². The van der Waals surface area contributed by atoms with Gasteiger partial charge in [-0.15, -0.1) is 0 Å². The Morgan fingerprint density at radius 3 is 2.36 bits per heavy atom. The number of rotatable bonds is 9. The minimum atomic E-state index is -0.519. The maximum atomic E-state index is 12.6.